The van der Waals surface area contributed by atoms with Gasteiger partial charge in [0.2, 0.25) is 0 Å². The summed E-state index contributed by atoms with van der Waals surface area (Å²) in [5.74, 6) is 0.0198. The van der Waals surface area contributed by atoms with E-state index in [9.17, 15) is 9.90 Å². The van der Waals surface area contributed by atoms with Crippen LogP contribution < -0.4 is 5.32 Å². The Morgan fingerprint density at radius 3 is 2.71 bits per heavy atom. The van der Waals surface area contributed by atoms with Crippen molar-refractivity contribution in [3.8, 4) is 5.75 Å². The molecular weight excluding hydrogens is 324 g/mol. The first-order valence-electron chi connectivity index (χ1n) is 8.15. The summed E-state index contributed by atoms with van der Waals surface area (Å²) in [7, 11) is 0. The molecule has 0 saturated heterocycles. The van der Waals surface area contributed by atoms with Crippen LogP contribution in [0.25, 0.3) is 0 Å². The summed E-state index contributed by atoms with van der Waals surface area (Å²) >= 11 is 1.36. The molecule has 0 spiro atoms. The highest BCUT2D eigenvalue weighted by molar-refractivity contribution is 7.13. The molecule has 0 unspecified atom stereocenters. The highest BCUT2D eigenvalue weighted by Gasteiger charge is 2.22. The van der Waals surface area contributed by atoms with Gasteiger partial charge in [-0.1, -0.05) is 25.1 Å². The van der Waals surface area contributed by atoms with Gasteiger partial charge >= 0.3 is 0 Å². The second-order valence-corrected chi connectivity index (χ2v) is 6.59. The lowest BCUT2D eigenvalue weighted by Crippen LogP contribution is -2.28. The van der Waals surface area contributed by atoms with Crippen LogP contribution in [0.4, 0.5) is 0 Å². The van der Waals surface area contributed by atoms with Crippen LogP contribution in [0.15, 0.2) is 24.3 Å². The molecule has 1 amide bonds. The summed E-state index contributed by atoms with van der Waals surface area (Å²) in [5, 5.41) is 13.8. The number of aryl methyl sites for hydroxylation is 1. The van der Waals surface area contributed by atoms with Gasteiger partial charge in [-0.3, -0.25) is 4.79 Å². The molecule has 24 heavy (non-hydrogen) atoms. The van der Waals surface area contributed by atoms with Gasteiger partial charge in [-0.15, -0.1) is 11.3 Å². The second-order valence-electron chi connectivity index (χ2n) is 5.56. The van der Waals surface area contributed by atoms with Crippen LogP contribution in [0.3, 0.4) is 0 Å². The normalized spacial score (nSPS) is 13.5. The third kappa shape index (κ3) is 4.13. The number of ether oxygens (including phenoxy) is 1. The van der Waals surface area contributed by atoms with E-state index in [0.717, 1.165) is 10.6 Å². The van der Waals surface area contributed by atoms with E-state index in [0.29, 0.717) is 23.6 Å². The zero-order valence-corrected chi connectivity index (χ0v) is 15.3. The molecule has 2 N–H and O–H groups in total. The first-order chi connectivity index (χ1) is 11.5. The minimum atomic E-state index is -0.243. The largest absolute Gasteiger partial charge is 0.508 e. The molecule has 0 aliphatic heterocycles. The van der Waals surface area contributed by atoms with Crippen LogP contribution >= 0.6 is 11.3 Å². The van der Waals surface area contributed by atoms with Gasteiger partial charge in [0.15, 0.2) is 0 Å². The van der Waals surface area contributed by atoms with Gasteiger partial charge in [-0.05, 0) is 33.3 Å². The predicted molar refractivity (Wildman–Crippen MR) is 95.5 cm³/mol. The number of hydrogen-bond acceptors (Lipinski definition) is 5. The fraction of sp³-hybridized carbons (Fsp3) is 0.444. The molecule has 2 atom stereocenters. The van der Waals surface area contributed by atoms with E-state index in [1.165, 1.54) is 11.3 Å². The maximum atomic E-state index is 12.7. The summed E-state index contributed by atoms with van der Waals surface area (Å²) in [6.07, 6.45) is 0.559. The summed E-state index contributed by atoms with van der Waals surface area (Å²) in [5.41, 5.74) is 1.42. The van der Waals surface area contributed by atoms with Gasteiger partial charge in [-0.25, -0.2) is 4.98 Å². The van der Waals surface area contributed by atoms with E-state index in [-0.39, 0.29) is 23.8 Å². The predicted octanol–water partition coefficient (Wildman–Crippen LogP) is 4.14. The maximum absolute atomic E-state index is 12.7. The molecule has 0 radical (unpaired) electrons. The Morgan fingerprint density at radius 1 is 1.38 bits per heavy atom. The highest BCUT2D eigenvalue weighted by Crippen LogP contribution is 2.29. The fourth-order valence-corrected chi connectivity index (χ4v) is 3.50. The minimum Gasteiger partial charge on any atom is -0.508 e. The number of para-hydroxylation sites is 1. The average Bonchev–Trinajstić information content (AvgIpc) is 2.95. The van der Waals surface area contributed by atoms with Gasteiger partial charge in [0.1, 0.15) is 21.7 Å². The SMILES string of the molecule is CCO[C@@H](C)c1nc(C)c(C(=O)N[C@H](CC)c2ccccc2O)s1. The molecule has 2 rings (SSSR count). The number of rotatable bonds is 7. The van der Waals surface area contributed by atoms with Crippen LogP contribution in [0.5, 0.6) is 5.75 Å². The monoisotopic (exact) mass is 348 g/mol. The standard InChI is InChI=1S/C18H24N2O3S/c1-5-14(13-9-7-8-10-15(13)21)20-17(22)16-11(3)19-18(24-16)12(4)23-6-2/h7-10,12,14,21H,5-6H2,1-4H3,(H,20,22)/t12-,14+/m0/s1. The molecule has 1 heterocycles. The number of carbonyl (C=O) groups excluding carboxylic acids is 1. The van der Waals surface area contributed by atoms with Crippen molar-refractivity contribution < 1.29 is 14.6 Å². The van der Waals surface area contributed by atoms with Gasteiger partial charge in [-0.2, -0.15) is 0 Å². The number of aromatic nitrogens is 1. The number of aromatic hydroxyl groups is 1. The zero-order valence-electron chi connectivity index (χ0n) is 14.5. The van der Waals surface area contributed by atoms with E-state index in [1.54, 1.807) is 12.1 Å². The Kier molecular flexibility index (Phi) is 6.34. The molecule has 0 aliphatic rings. The van der Waals surface area contributed by atoms with Crippen LogP contribution in [0, 0.1) is 6.92 Å². The van der Waals surface area contributed by atoms with Crippen LogP contribution in [-0.4, -0.2) is 22.6 Å². The summed E-state index contributed by atoms with van der Waals surface area (Å²) in [6, 6.07) is 6.83. The van der Waals surface area contributed by atoms with Crippen LogP contribution in [0.1, 0.15) is 65.3 Å². The third-order valence-corrected chi connectivity index (χ3v) is 5.13. The lowest BCUT2D eigenvalue weighted by molar-refractivity contribution is 0.0761. The molecule has 0 aliphatic carbocycles. The van der Waals surface area contributed by atoms with Gasteiger partial charge in [0, 0.05) is 12.2 Å². The van der Waals surface area contributed by atoms with Gasteiger partial charge in [0.25, 0.3) is 5.91 Å². The van der Waals surface area contributed by atoms with E-state index >= 15 is 0 Å². The number of benzene rings is 1. The maximum Gasteiger partial charge on any atom is 0.263 e. The van der Waals surface area contributed by atoms with Crippen molar-refractivity contribution in [2.24, 2.45) is 0 Å². The van der Waals surface area contributed by atoms with E-state index in [1.807, 2.05) is 39.8 Å². The van der Waals surface area contributed by atoms with Gasteiger partial charge in [0.05, 0.1) is 11.7 Å². The van der Waals surface area contributed by atoms with Crippen molar-refractivity contribution in [1.29, 1.82) is 0 Å². The van der Waals surface area contributed by atoms with Crippen molar-refractivity contribution in [3.63, 3.8) is 0 Å². The smallest absolute Gasteiger partial charge is 0.263 e. The molecule has 0 fully saturated rings. The molecular formula is C18H24N2O3S. The highest BCUT2D eigenvalue weighted by atomic mass is 32.1. The Bertz CT molecular complexity index is 699. The molecule has 130 valence electrons. The van der Waals surface area contributed by atoms with Crippen molar-refractivity contribution in [3.05, 3.63) is 45.4 Å². The summed E-state index contributed by atoms with van der Waals surface area (Å²) < 4.78 is 5.55. The Balaban J connectivity index is 2.18. The second kappa shape index (κ2) is 8.26. The molecule has 5 nitrogen and oxygen atoms in total. The number of carbonyl (C=O) groups is 1. The number of thiazole rings is 1. The quantitative estimate of drug-likeness (QED) is 0.789. The third-order valence-electron chi connectivity index (χ3n) is 3.81. The van der Waals surface area contributed by atoms with Crippen molar-refractivity contribution in [1.82, 2.24) is 10.3 Å². The molecule has 0 saturated carbocycles. The zero-order chi connectivity index (χ0) is 17.7. The van der Waals surface area contributed by atoms with Crippen molar-refractivity contribution in [2.45, 2.75) is 46.3 Å². The number of phenols is 1. The van der Waals surface area contributed by atoms with Crippen LogP contribution in [-0.2, 0) is 4.74 Å². The summed E-state index contributed by atoms with van der Waals surface area (Å²) in [4.78, 5) is 17.7. The molecule has 1 aromatic heterocycles. The lowest BCUT2D eigenvalue weighted by Gasteiger charge is -2.18. The minimum absolute atomic E-state index is 0.125. The number of nitrogens with one attached hydrogen (secondary N) is 1. The summed E-state index contributed by atoms with van der Waals surface area (Å²) in [6.45, 7) is 8.27. The number of phenolic OH excluding ortho intramolecular Hbond substituents is 1. The van der Waals surface area contributed by atoms with Crippen LogP contribution in [0.2, 0.25) is 0 Å². The topological polar surface area (TPSA) is 71.5 Å². The Morgan fingerprint density at radius 2 is 2.08 bits per heavy atom. The first kappa shape index (κ1) is 18.4. The lowest BCUT2D eigenvalue weighted by atomic mass is 10.0. The molecule has 1 aromatic carbocycles. The Hall–Kier alpha value is -1.92. The first-order valence-corrected chi connectivity index (χ1v) is 8.97. The number of nitrogens with zero attached hydrogens (tertiary/aromatic N) is 1. The fourth-order valence-electron chi connectivity index (χ4n) is 2.53. The van der Waals surface area contributed by atoms with E-state index in [4.69, 9.17) is 4.74 Å². The van der Waals surface area contributed by atoms with Gasteiger partial charge < -0.3 is 15.2 Å². The Labute approximate surface area is 146 Å². The average molecular weight is 348 g/mol. The number of hydrogen-bond donors (Lipinski definition) is 2. The van der Waals surface area contributed by atoms with E-state index < -0.39 is 0 Å². The van der Waals surface area contributed by atoms with Crippen molar-refractivity contribution in [2.75, 3.05) is 6.61 Å². The molecule has 2 aromatic rings. The van der Waals surface area contributed by atoms with Crippen molar-refractivity contribution >= 4 is 17.2 Å². The molecule has 6 heteroatoms. The number of amides is 1. The molecule has 0 bridgehead atoms. The van der Waals surface area contributed by atoms with E-state index in [2.05, 4.69) is 10.3 Å².